The van der Waals surface area contributed by atoms with E-state index in [0.29, 0.717) is 38.7 Å². The number of hydrogen-bond acceptors (Lipinski definition) is 8. The van der Waals surface area contributed by atoms with E-state index in [4.69, 9.17) is 20.3 Å². The summed E-state index contributed by atoms with van der Waals surface area (Å²) >= 11 is 0. The molecule has 10 nitrogen and oxygen atoms in total. The van der Waals surface area contributed by atoms with Crippen LogP contribution in [-0.4, -0.2) is 68.0 Å². The Morgan fingerprint density at radius 3 is 2.83 bits per heavy atom. The molecule has 0 saturated heterocycles. The molecule has 0 spiro atoms. The molecule has 2 aromatic rings. The number of H-pyrrole nitrogens is 1. The summed E-state index contributed by atoms with van der Waals surface area (Å²) in [6.07, 6.45) is 3.50. The van der Waals surface area contributed by atoms with Gasteiger partial charge in [-0.3, -0.25) is 5.10 Å². The fourth-order valence-electron chi connectivity index (χ4n) is 2.05. The second-order valence-electron chi connectivity index (χ2n) is 6.23. The van der Waals surface area contributed by atoms with E-state index >= 15 is 0 Å². The Hall–Kier alpha value is -1.88. The summed E-state index contributed by atoms with van der Waals surface area (Å²) in [5.41, 5.74) is 7.29. The lowest BCUT2D eigenvalue weighted by molar-refractivity contribution is 0.0438. The Morgan fingerprint density at radius 1 is 1.33 bits per heavy atom. The van der Waals surface area contributed by atoms with Gasteiger partial charge in [0.1, 0.15) is 5.69 Å². The maximum Gasteiger partial charge on any atom is 0.108 e. The van der Waals surface area contributed by atoms with Crippen LogP contribution in [0, 0.1) is 0 Å². The van der Waals surface area contributed by atoms with Crippen LogP contribution in [-0.2, 0) is 28.0 Å². The minimum atomic E-state index is -0.237. The first-order valence-electron chi connectivity index (χ1n) is 7.79. The standard InChI is InChI=1S/C14H25N7O3/c1-14(2,13-5-16-19-18-13)10-24-8-11(15)7-23-9-12-6-21(3-4-22)20-17-12/h5-6,11,22H,3-4,7-10,15H2,1-2H3,(H,16,18,19). The molecule has 0 aliphatic heterocycles. The molecule has 10 heteroatoms. The highest BCUT2D eigenvalue weighted by atomic mass is 16.5. The molecule has 1 unspecified atom stereocenters. The molecule has 4 N–H and O–H groups in total. The first-order valence-corrected chi connectivity index (χ1v) is 7.79. The Morgan fingerprint density at radius 2 is 2.12 bits per heavy atom. The van der Waals surface area contributed by atoms with Gasteiger partial charge in [0.15, 0.2) is 0 Å². The lowest BCUT2D eigenvalue weighted by Crippen LogP contribution is -2.34. The first-order chi connectivity index (χ1) is 11.5. The second-order valence-corrected chi connectivity index (χ2v) is 6.23. The predicted octanol–water partition coefficient (Wildman–Crippen LogP) is -0.773. The number of hydrogen-bond donors (Lipinski definition) is 3. The molecule has 0 saturated carbocycles. The lowest BCUT2D eigenvalue weighted by atomic mass is 9.91. The molecular formula is C14H25N7O3. The van der Waals surface area contributed by atoms with Gasteiger partial charge in [0.25, 0.3) is 0 Å². The SMILES string of the molecule is CC(C)(COCC(N)COCc1cn(CCO)nn1)c1c[nH]nn1. The largest absolute Gasteiger partial charge is 0.394 e. The highest BCUT2D eigenvalue weighted by Gasteiger charge is 2.24. The molecule has 2 heterocycles. The first kappa shape index (κ1) is 18.5. The van der Waals surface area contributed by atoms with E-state index < -0.39 is 0 Å². The minimum absolute atomic E-state index is 0.0244. The van der Waals surface area contributed by atoms with Gasteiger partial charge in [0, 0.05) is 11.6 Å². The van der Waals surface area contributed by atoms with Crippen LogP contribution < -0.4 is 5.73 Å². The minimum Gasteiger partial charge on any atom is -0.394 e. The lowest BCUT2D eigenvalue weighted by Gasteiger charge is -2.22. The van der Waals surface area contributed by atoms with E-state index in [1.54, 1.807) is 17.1 Å². The molecular weight excluding hydrogens is 314 g/mol. The van der Waals surface area contributed by atoms with Crippen LogP contribution in [0.3, 0.4) is 0 Å². The van der Waals surface area contributed by atoms with Crippen LogP contribution in [0.5, 0.6) is 0 Å². The summed E-state index contributed by atoms with van der Waals surface area (Å²) in [5.74, 6) is 0. The normalized spacial score (nSPS) is 13.3. The number of ether oxygens (including phenoxy) is 2. The van der Waals surface area contributed by atoms with Crippen molar-refractivity contribution in [3.63, 3.8) is 0 Å². The van der Waals surface area contributed by atoms with Crippen molar-refractivity contribution < 1.29 is 14.6 Å². The number of rotatable bonds is 11. The maximum atomic E-state index is 8.82. The Kier molecular flexibility index (Phi) is 6.79. The predicted molar refractivity (Wildman–Crippen MR) is 85.0 cm³/mol. The van der Waals surface area contributed by atoms with E-state index in [1.165, 1.54) is 0 Å². The molecule has 2 rings (SSSR count). The third kappa shape index (κ3) is 5.64. The average Bonchev–Trinajstić information content (AvgIpc) is 3.19. The number of nitrogens with one attached hydrogen (secondary N) is 1. The summed E-state index contributed by atoms with van der Waals surface area (Å²) in [6, 6.07) is -0.231. The van der Waals surface area contributed by atoms with Gasteiger partial charge in [-0.15, -0.1) is 10.2 Å². The number of nitrogens with zero attached hydrogens (tertiary/aromatic N) is 5. The zero-order valence-corrected chi connectivity index (χ0v) is 14.1. The molecule has 134 valence electrons. The fourth-order valence-corrected chi connectivity index (χ4v) is 2.05. The van der Waals surface area contributed by atoms with Crippen molar-refractivity contribution in [2.45, 2.75) is 38.5 Å². The number of aromatic amines is 1. The van der Waals surface area contributed by atoms with Crippen molar-refractivity contribution in [1.82, 2.24) is 30.4 Å². The van der Waals surface area contributed by atoms with E-state index in [1.807, 2.05) is 13.8 Å². The highest BCUT2D eigenvalue weighted by molar-refractivity contribution is 5.07. The van der Waals surface area contributed by atoms with Crippen LogP contribution in [0.1, 0.15) is 25.2 Å². The zero-order chi connectivity index (χ0) is 17.4. The van der Waals surface area contributed by atoms with Gasteiger partial charge in [0.2, 0.25) is 0 Å². The number of aromatic nitrogens is 6. The van der Waals surface area contributed by atoms with Crippen molar-refractivity contribution >= 4 is 0 Å². The Labute approximate surface area is 140 Å². The van der Waals surface area contributed by atoms with Crippen LogP contribution in [0.4, 0.5) is 0 Å². The van der Waals surface area contributed by atoms with E-state index in [2.05, 4.69) is 25.7 Å². The molecule has 0 aromatic carbocycles. The molecule has 0 amide bonds. The average molecular weight is 339 g/mol. The number of nitrogens with two attached hydrogens (primary N) is 1. The van der Waals surface area contributed by atoms with E-state index in [9.17, 15) is 0 Å². The monoisotopic (exact) mass is 339 g/mol. The zero-order valence-electron chi connectivity index (χ0n) is 14.1. The number of aliphatic hydroxyl groups excluding tert-OH is 1. The third-order valence-electron chi connectivity index (χ3n) is 3.40. The maximum absolute atomic E-state index is 8.82. The van der Waals surface area contributed by atoms with Gasteiger partial charge >= 0.3 is 0 Å². The van der Waals surface area contributed by atoms with E-state index in [-0.39, 0.29) is 18.1 Å². The van der Waals surface area contributed by atoms with E-state index in [0.717, 1.165) is 5.69 Å². The molecule has 0 aliphatic carbocycles. The molecule has 0 bridgehead atoms. The number of aliphatic hydroxyl groups is 1. The van der Waals surface area contributed by atoms with Crippen molar-refractivity contribution in [3.8, 4) is 0 Å². The van der Waals surface area contributed by atoms with Crippen LogP contribution in [0.2, 0.25) is 0 Å². The molecule has 0 aliphatic rings. The van der Waals surface area contributed by atoms with Gasteiger partial charge in [0.05, 0.1) is 57.5 Å². The molecule has 24 heavy (non-hydrogen) atoms. The highest BCUT2D eigenvalue weighted by Crippen LogP contribution is 2.20. The molecule has 2 aromatic heterocycles. The topological polar surface area (TPSA) is 137 Å². The summed E-state index contributed by atoms with van der Waals surface area (Å²) in [4.78, 5) is 0. The summed E-state index contributed by atoms with van der Waals surface area (Å²) in [5, 5.41) is 27.0. The van der Waals surface area contributed by atoms with Crippen molar-refractivity contribution in [3.05, 3.63) is 23.8 Å². The Balaban J connectivity index is 1.62. The summed E-state index contributed by atoms with van der Waals surface area (Å²) in [6.45, 7) is 6.06. The van der Waals surface area contributed by atoms with Gasteiger partial charge < -0.3 is 20.3 Å². The fraction of sp³-hybridized carbons (Fsp3) is 0.714. The molecule has 0 fully saturated rings. The molecule has 1 atom stereocenters. The van der Waals surface area contributed by atoms with Crippen LogP contribution >= 0.6 is 0 Å². The van der Waals surface area contributed by atoms with Crippen LogP contribution in [0.15, 0.2) is 12.4 Å². The van der Waals surface area contributed by atoms with Gasteiger partial charge in [-0.2, -0.15) is 0 Å². The van der Waals surface area contributed by atoms with Crippen molar-refractivity contribution in [1.29, 1.82) is 0 Å². The van der Waals surface area contributed by atoms with Crippen LogP contribution in [0.25, 0.3) is 0 Å². The molecule has 0 radical (unpaired) electrons. The van der Waals surface area contributed by atoms with Gasteiger partial charge in [-0.05, 0) is 0 Å². The second kappa shape index (κ2) is 8.83. The van der Waals surface area contributed by atoms with Crippen molar-refractivity contribution in [2.24, 2.45) is 5.73 Å². The quantitative estimate of drug-likeness (QED) is 0.485. The summed E-state index contributed by atoms with van der Waals surface area (Å²) < 4.78 is 12.8. The smallest absolute Gasteiger partial charge is 0.108 e. The third-order valence-corrected chi connectivity index (χ3v) is 3.40. The van der Waals surface area contributed by atoms with Gasteiger partial charge in [-0.1, -0.05) is 24.3 Å². The van der Waals surface area contributed by atoms with Crippen molar-refractivity contribution in [2.75, 3.05) is 26.4 Å². The summed E-state index contributed by atoms with van der Waals surface area (Å²) in [7, 11) is 0. The van der Waals surface area contributed by atoms with Gasteiger partial charge in [-0.25, -0.2) is 4.68 Å². The Bertz CT molecular complexity index is 585.